The molecule has 4 aromatic rings. The molecule has 168 valence electrons. The second-order valence-electron chi connectivity index (χ2n) is 8.25. The molecule has 1 saturated heterocycles. The number of carbonyl (C=O) groups is 1. The van der Waals surface area contributed by atoms with Crippen molar-refractivity contribution in [3.63, 3.8) is 0 Å². The zero-order valence-corrected chi connectivity index (χ0v) is 18.9. The molecule has 0 saturated carbocycles. The minimum absolute atomic E-state index is 0.0290. The minimum atomic E-state index is 0.0290. The number of hydrogen-bond donors (Lipinski definition) is 0. The Labute approximate surface area is 191 Å². The van der Waals surface area contributed by atoms with Crippen molar-refractivity contribution in [2.24, 2.45) is 7.05 Å². The molecule has 1 amide bonds. The van der Waals surface area contributed by atoms with Crippen LogP contribution in [0.5, 0.6) is 5.75 Å². The van der Waals surface area contributed by atoms with Crippen LogP contribution >= 0.6 is 0 Å². The number of likely N-dealkylation sites (tertiary alicyclic amines) is 1. The van der Waals surface area contributed by atoms with E-state index in [0.29, 0.717) is 30.4 Å². The molecule has 5 rings (SSSR count). The summed E-state index contributed by atoms with van der Waals surface area (Å²) < 4.78 is 12.7. The van der Waals surface area contributed by atoms with E-state index in [1.807, 2.05) is 61.3 Å². The third-order valence-corrected chi connectivity index (χ3v) is 6.34. The van der Waals surface area contributed by atoms with E-state index in [1.54, 1.807) is 19.5 Å². The van der Waals surface area contributed by atoms with E-state index in [2.05, 4.69) is 19.7 Å². The van der Waals surface area contributed by atoms with Gasteiger partial charge in [0.25, 0.3) is 11.8 Å². The van der Waals surface area contributed by atoms with Gasteiger partial charge in [-0.2, -0.15) is 4.98 Å². The van der Waals surface area contributed by atoms with Crippen molar-refractivity contribution in [2.75, 3.05) is 20.2 Å². The molecule has 1 aliphatic rings. The number of methoxy groups -OCH3 is 1. The van der Waals surface area contributed by atoms with Gasteiger partial charge in [-0.15, -0.1) is 0 Å². The second kappa shape index (κ2) is 8.54. The highest BCUT2D eigenvalue weighted by Crippen LogP contribution is 2.31. The Morgan fingerprint density at radius 2 is 2.00 bits per heavy atom. The van der Waals surface area contributed by atoms with Crippen molar-refractivity contribution in [3.8, 4) is 28.5 Å². The number of ether oxygens (including phenoxy) is 1. The number of carbonyl (C=O) groups excluding carboxylic acids is 1. The molecule has 33 heavy (non-hydrogen) atoms. The molecule has 0 spiro atoms. The van der Waals surface area contributed by atoms with E-state index in [4.69, 9.17) is 9.26 Å². The number of nitrogens with zero attached hydrogens (tertiary/aromatic N) is 5. The zero-order chi connectivity index (χ0) is 22.9. The lowest BCUT2D eigenvalue weighted by atomic mass is 10.1. The Hall–Kier alpha value is -3.94. The average molecular weight is 444 g/mol. The minimum Gasteiger partial charge on any atom is -0.497 e. The summed E-state index contributed by atoms with van der Waals surface area (Å²) in [6.07, 6.45) is 4.20. The van der Waals surface area contributed by atoms with E-state index in [0.717, 1.165) is 34.7 Å². The number of benzene rings is 1. The van der Waals surface area contributed by atoms with Crippen LogP contribution < -0.4 is 4.74 Å². The first-order chi connectivity index (χ1) is 16.0. The van der Waals surface area contributed by atoms with Gasteiger partial charge < -0.3 is 18.7 Å². The van der Waals surface area contributed by atoms with Gasteiger partial charge in [0.05, 0.1) is 18.2 Å². The highest BCUT2D eigenvalue weighted by atomic mass is 16.5. The first-order valence-corrected chi connectivity index (χ1v) is 10.9. The van der Waals surface area contributed by atoms with Crippen molar-refractivity contribution in [1.29, 1.82) is 0 Å². The van der Waals surface area contributed by atoms with Crippen LogP contribution in [0.3, 0.4) is 0 Å². The predicted octanol–water partition coefficient (Wildman–Crippen LogP) is 4.08. The van der Waals surface area contributed by atoms with Gasteiger partial charge in [0, 0.05) is 49.8 Å². The number of amides is 1. The lowest BCUT2D eigenvalue weighted by molar-refractivity contribution is 0.0789. The number of aromatic nitrogens is 4. The average Bonchev–Trinajstić information content (AvgIpc) is 3.60. The van der Waals surface area contributed by atoms with Gasteiger partial charge in [-0.25, -0.2) is 0 Å². The van der Waals surface area contributed by atoms with Gasteiger partial charge in [0.15, 0.2) is 5.82 Å². The molecule has 4 heterocycles. The highest BCUT2D eigenvalue weighted by Gasteiger charge is 2.32. The van der Waals surface area contributed by atoms with Crippen LogP contribution in [0.2, 0.25) is 0 Å². The highest BCUT2D eigenvalue weighted by molar-refractivity contribution is 5.97. The fourth-order valence-corrected chi connectivity index (χ4v) is 4.29. The fraction of sp³-hybridized carbons (Fsp3) is 0.280. The van der Waals surface area contributed by atoms with Gasteiger partial charge in [0.2, 0.25) is 0 Å². The number of rotatable bonds is 5. The monoisotopic (exact) mass is 443 g/mol. The third-order valence-electron chi connectivity index (χ3n) is 6.34. The summed E-state index contributed by atoms with van der Waals surface area (Å²) >= 11 is 0. The summed E-state index contributed by atoms with van der Waals surface area (Å²) in [5, 5.41) is 4.16. The van der Waals surface area contributed by atoms with E-state index in [1.165, 1.54) is 0 Å². The maximum atomic E-state index is 13.4. The van der Waals surface area contributed by atoms with Crippen LogP contribution in [0.15, 0.2) is 59.4 Å². The first kappa shape index (κ1) is 20.9. The molecule has 8 nitrogen and oxygen atoms in total. The number of hydrogen-bond acceptors (Lipinski definition) is 6. The van der Waals surface area contributed by atoms with Gasteiger partial charge in [0.1, 0.15) is 5.75 Å². The molecule has 8 heteroatoms. The lowest BCUT2D eigenvalue weighted by Crippen LogP contribution is -2.28. The molecule has 0 bridgehead atoms. The Kier molecular flexibility index (Phi) is 5.42. The number of pyridine rings is 1. The Bertz CT molecular complexity index is 1280. The van der Waals surface area contributed by atoms with Gasteiger partial charge in [-0.3, -0.25) is 9.78 Å². The first-order valence-electron chi connectivity index (χ1n) is 10.9. The Morgan fingerprint density at radius 1 is 1.18 bits per heavy atom. The van der Waals surface area contributed by atoms with Crippen LogP contribution in [0.4, 0.5) is 0 Å². The van der Waals surface area contributed by atoms with Crippen LogP contribution in [0.25, 0.3) is 22.7 Å². The van der Waals surface area contributed by atoms with Crippen LogP contribution in [-0.4, -0.2) is 50.7 Å². The molecular formula is C25H25N5O3. The molecule has 1 aliphatic heterocycles. The van der Waals surface area contributed by atoms with Gasteiger partial charge in [-0.05, 0) is 61.4 Å². The summed E-state index contributed by atoms with van der Waals surface area (Å²) in [4.78, 5) is 23.9. The van der Waals surface area contributed by atoms with Gasteiger partial charge in [-0.1, -0.05) is 5.16 Å². The molecule has 1 fully saturated rings. The quantitative estimate of drug-likeness (QED) is 0.462. The fourth-order valence-electron chi connectivity index (χ4n) is 4.29. The molecule has 1 aromatic carbocycles. The van der Waals surface area contributed by atoms with E-state index in [-0.39, 0.29) is 11.8 Å². The molecule has 1 unspecified atom stereocenters. The zero-order valence-electron chi connectivity index (χ0n) is 18.9. The molecule has 1 atom stereocenters. The Morgan fingerprint density at radius 3 is 2.73 bits per heavy atom. The summed E-state index contributed by atoms with van der Waals surface area (Å²) in [5.74, 6) is 1.96. The molecule has 0 aliphatic carbocycles. The summed E-state index contributed by atoms with van der Waals surface area (Å²) in [7, 11) is 3.63. The topological polar surface area (TPSA) is 86.3 Å². The summed E-state index contributed by atoms with van der Waals surface area (Å²) in [6.45, 7) is 3.21. The molecule has 3 aromatic heterocycles. The molecule has 0 N–H and O–H groups in total. The molecule has 0 radical (unpaired) electrons. The largest absolute Gasteiger partial charge is 0.497 e. The van der Waals surface area contributed by atoms with Crippen LogP contribution in [-0.2, 0) is 7.05 Å². The van der Waals surface area contributed by atoms with Crippen molar-refractivity contribution in [3.05, 3.63) is 71.9 Å². The Balaban J connectivity index is 1.33. The summed E-state index contributed by atoms with van der Waals surface area (Å²) in [5.41, 5.74) is 4.47. The van der Waals surface area contributed by atoms with Crippen LogP contribution in [0, 0.1) is 6.92 Å². The second-order valence-corrected chi connectivity index (χ2v) is 8.25. The maximum Gasteiger partial charge on any atom is 0.259 e. The molecular weight excluding hydrogens is 418 g/mol. The third kappa shape index (κ3) is 3.88. The SMILES string of the molecule is COc1ccc(-c2cc(C(=O)N3CCC(c4noc(-c5cccnc5)n4)C3)c(C)n2C)cc1. The summed E-state index contributed by atoms with van der Waals surface area (Å²) in [6, 6.07) is 13.5. The van der Waals surface area contributed by atoms with Crippen molar-refractivity contribution in [1.82, 2.24) is 24.6 Å². The van der Waals surface area contributed by atoms with E-state index >= 15 is 0 Å². The van der Waals surface area contributed by atoms with Crippen molar-refractivity contribution in [2.45, 2.75) is 19.3 Å². The van der Waals surface area contributed by atoms with Crippen molar-refractivity contribution < 1.29 is 14.1 Å². The predicted molar refractivity (Wildman–Crippen MR) is 123 cm³/mol. The lowest BCUT2D eigenvalue weighted by Gasteiger charge is -2.15. The standard InChI is InChI=1S/C25H25N5O3/c1-16-21(13-22(29(16)2)17-6-8-20(32-3)9-7-17)25(31)30-12-10-19(15-30)23-27-24(33-28-23)18-5-4-11-26-14-18/h4-9,11,13-14,19H,10,12,15H2,1-3H3. The normalized spacial score (nSPS) is 15.7. The van der Waals surface area contributed by atoms with Crippen molar-refractivity contribution >= 4 is 5.91 Å². The van der Waals surface area contributed by atoms with E-state index in [9.17, 15) is 4.79 Å². The maximum absolute atomic E-state index is 13.4. The van der Waals surface area contributed by atoms with E-state index < -0.39 is 0 Å². The van der Waals surface area contributed by atoms with Crippen LogP contribution in [0.1, 0.15) is 34.2 Å². The van der Waals surface area contributed by atoms with Gasteiger partial charge >= 0.3 is 0 Å². The smallest absolute Gasteiger partial charge is 0.259 e.